The molecule has 0 aromatic heterocycles. The lowest BCUT2D eigenvalue weighted by Crippen LogP contribution is -2.48. The zero-order valence-electron chi connectivity index (χ0n) is 24.3. The quantitative estimate of drug-likeness (QED) is 0.202. The van der Waals surface area contributed by atoms with Gasteiger partial charge in [0, 0.05) is 43.9 Å². The van der Waals surface area contributed by atoms with Crippen LogP contribution in [0.1, 0.15) is 41.6 Å². The summed E-state index contributed by atoms with van der Waals surface area (Å²) in [4.78, 5) is 5.18. The maximum absolute atomic E-state index is 10.1. The van der Waals surface area contributed by atoms with Crippen LogP contribution in [0.25, 0.3) is 11.1 Å². The van der Waals surface area contributed by atoms with Gasteiger partial charge in [-0.05, 0) is 47.2 Å². The summed E-state index contributed by atoms with van der Waals surface area (Å²) in [6.07, 6.45) is 1.78. The summed E-state index contributed by atoms with van der Waals surface area (Å²) in [5.74, 6) is 1.69. The predicted molar refractivity (Wildman–Crippen MR) is 167 cm³/mol. The molecule has 1 fully saturated rings. The van der Waals surface area contributed by atoms with Crippen LogP contribution in [0.5, 0.6) is 11.5 Å². The van der Waals surface area contributed by atoms with E-state index in [9.17, 15) is 5.11 Å². The van der Waals surface area contributed by atoms with E-state index in [1.165, 1.54) is 11.1 Å². The molecule has 0 amide bonds. The molecule has 1 N–H and O–H groups in total. The fourth-order valence-corrected chi connectivity index (χ4v) is 6.08. The summed E-state index contributed by atoms with van der Waals surface area (Å²) in [6.45, 7) is 7.99. The SMILES string of the molecule is CCc1c(OCCCN2CCN(C(c3ccccc3)c3ccccc3)CC2)ccc(CO)c1-c1ccccc1OC. The molecule has 1 heterocycles. The number of methoxy groups -OCH3 is 1. The van der Waals surface area contributed by atoms with Crippen molar-refractivity contribution < 1.29 is 14.6 Å². The minimum absolute atomic E-state index is 0.0258. The summed E-state index contributed by atoms with van der Waals surface area (Å²) >= 11 is 0. The Morgan fingerprint density at radius 2 is 1.39 bits per heavy atom. The smallest absolute Gasteiger partial charge is 0.126 e. The molecule has 0 bridgehead atoms. The highest BCUT2D eigenvalue weighted by atomic mass is 16.5. The van der Waals surface area contributed by atoms with Crippen LogP contribution < -0.4 is 9.47 Å². The first-order valence-electron chi connectivity index (χ1n) is 14.8. The highest BCUT2D eigenvalue weighted by Gasteiger charge is 2.26. The summed E-state index contributed by atoms with van der Waals surface area (Å²) in [5.41, 5.74) is 6.72. The van der Waals surface area contributed by atoms with E-state index in [1.54, 1.807) is 7.11 Å². The maximum Gasteiger partial charge on any atom is 0.126 e. The largest absolute Gasteiger partial charge is 0.496 e. The van der Waals surface area contributed by atoms with Crippen molar-refractivity contribution in [3.63, 3.8) is 0 Å². The fourth-order valence-electron chi connectivity index (χ4n) is 6.08. The van der Waals surface area contributed by atoms with E-state index >= 15 is 0 Å². The molecule has 0 atom stereocenters. The molecule has 0 aliphatic carbocycles. The van der Waals surface area contributed by atoms with E-state index in [4.69, 9.17) is 9.47 Å². The number of rotatable bonds is 12. The number of piperazine rings is 1. The summed E-state index contributed by atoms with van der Waals surface area (Å²) < 4.78 is 12.0. The zero-order valence-corrected chi connectivity index (χ0v) is 24.3. The molecule has 5 rings (SSSR count). The zero-order chi connectivity index (χ0) is 28.4. The van der Waals surface area contributed by atoms with Gasteiger partial charge in [0.25, 0.3) is 0 Å². The van der Waals surface area contributed by atoms with Crippen LogP contribution in [0.15, 0.2) is 97.1 Å². The van der Waals surface area contributed by atoms with Gasteiger partial charge in [0.15, 0.2) is 0 Å². The number of ether oxygens (including phenoxy) is 2. The van der Waals surface area contributed by atoms with Gasteiger partial charge in [-0.1, -0.05) is 91.9 Å². The molecular formula is C36H42N2O3. The number of hydrogen-bond donors (Lipinski definition) is 1. The Bertz CT molecular complexity index is 1330. The predicted octanol–water partition coefficient (Wildman–Crippen LogP) is 6.59. The van der Waals surface area contributed by atoms with Crippen molar-refractivity contribution in [3.05, 3.63) is 119 Å². The molecule has 0 saturated carbocycles. The number of benzene rings is 4. The molecule has 1 saturated heterocycles. The number of nitrogens with zero attached hydrogens (tertiary/aromatic N) is 2. The summed E-state index contributed by atoms with van der Waals surface area (Å²) in [6, 6.07) is 34.0. The minimum atomic E-state index is -0.0258. The Balaban J connectivity index is 1.19. The first-order chi connectivity index (χ1) is 20.2. The van der Waals surface area contributed by atoms with Gasteiger partial charge in [0.2, 0.25) is 0 Å². The van der Waals surface area contributed by atoms with Crippen molar-refractivity contribution in [1.29, 1.82) is 0 Å². The van der Waals surface area contributed by atoms with Crippen LogP contribution in [0.4, 0.5) is 0 Å². The Morgan fingerprint density at radius 3 is 2.00 bits per heavy atom. The van der Waals surface area contributed by atoms with E-state index in [-0.39, 0.29) is 12.6 Å². The lowest BCUT2D eigenvalue weighted by atomic mass is 9.92. The van der Waals surface area contributed by atoms with E-state index in [2.05, 4.69) is 83.5 Å². The number of aliphatic hydroxyl groups is 1. The first-order valence-corrected chi connectivity index (χ1v) is 14.8. The molecule has 0 radical (unpaired) electrons. The monoisotopic (exact) mass is 550 g/mol. The lowest BCUT2D eigenvalue weighted by Gasteiger charge is -2.39. The average molecular weight is 551 g/mol. The third-order valence-corrected chi connectivity index (χ3v) is 8.14. The van der Waals surface area contributed by atoms with Crippen molar-refractivity contribution in [2.24, 2.45) is 0 Å². The van der Waals surface area contributed by atoms with Crippen LogP contribution in [0, 0.1) is 0 Å². The van der Waals surface area contributed by atoms with Crippen molar-refractivity contribution >= 4 is 0 Å². The topological polar surface area (TPSA) is 45.2 Å². The standard InChI is InChI=1S/C36H42N2O3/c1-3-31-34(20-19-30(27-39)35(31)32-17-10-11-18-33(32)40-2)41-26-12-21-37-22-24-38(25-23-37)36(28-13-6-4-7-14-28)29-15-8-5-9-16-29/h4-11,13-20,36,39H,3,12,21-27H2,1-2H3. The molecule has 5 nitrogen and oxygen atoms in total. The summed E-state index contributed by atoms with van der Waals surface area (Å²) in [5, 5.41) is 10.1. The van der Waals surface area contributed by atoms with E-state index in [0.717, 1.165) is 79.3 Å². The second-order valence-corrected chi connectivity index (χ2v) is 10.6. The molecular weight excluding hydrogens is 508 g/mol. The van der Waals surface area contributed by atoms with Crippen molar-refractivity contribution in [2.45, 2.75) is 32.4 Å². The Morgan fingerprint density at radius 1 is 0.756 bits per heavy atom. The van der Waals surface area contributed by atoms with Gasteiger partial charge in [-0.2, -0.15) is 0 Å². The van der Waals surface area contributed by atoms with Crippen molar-refractivity contribution in [3.8, 4) is 22.6 Å². The molecule has 5 heteroatoms. The average Bonchev–Trinajstić information content (AvgIpc) is 3.04. The normalized spacial score (nSPS) is 14.3. The van der Waals surface area contributed by atoms with Gasteiger partial charge in [-0.15, -0.1) is 0 Å². The van der Waals surface area contributed by atoms with Gasteiger partial charge < -0.3 is 19.5 Å². The lowest BCUT2D eigenvalue weighted by molar-refractivity contribution is 0.105. The molecule has 4 aromatic rings. The molecule has 41 heavy (non-hydrogen) atoms. The van der Waals surface area contributed by atoms with Gasteiger partial charge in [0.05, 0.1) is 26.4 Å². The van der Waals surface area contributed by atoms with Crippen LogP contribution in [-0.4, -0.2) is 61.3 Å². The van der Waals surface area contributed by atoms with Gasteiger partial charge in [-0.25, -0.2) is 0 Å². The van der Waals surface area contributed by atoms with Crippen LogP contribution in [0.2, 0.25) is 0 Å². The van der Waals surface area contributed by atoms with Gasteiger partial charge >= 0.3 is 0 Å². The van der Waals surface area contributed by atoms with E-state index < -0.39 is 0 Å². The molecule has 1 aliphatic heterocycles. The third-order valence-electron chi connectivity index (χ3n) is 8.14. The van der Waals surface area contributed by atoms with E-state index in [1.807, 2.05) is 30.3 Å². The molecule has 0 unspecified atom stereocenters. The molecule has 214 valence electrons. The van der Waals surface area contributed by atoms with Crippen molar-refractivity contribution in [1.82, 2.24) is 9.80 Å². The Hall–Kier alpha value is -3.64. The Labute approximate surface area is 245 Å². The molecule has 1 aliphatic rings. The maximum atomic E-state index is 10.1. The van der Waals surface area contributed by atoms with Crippen LogP contribution in [-0.2, 0) is 13.0 Å². The van der Waals surface area contributed by atoms with Crippen LogP contribution >= 0.6 is 0 Å². The number of aliphatic hydroxyl groups excluding tert-OH is 1. The Kier molecular flexibility index (Phi) is 10.1. The fraction of sp³-hybridized carbons (Fsp3) is 0.333. The highest BCUT2D eigenvalue weighted by molar-refractivity contribution is 5.78. The highest BCUT2D eigenvalue weighted by Crippen LogP contribution is 2.39. The van der Waals surface area contributed by atoms with Gasteiger partial charge in [-0.3, -0.25) is 4.90 Å². The molecule has 4 aromatic carbocycles. The minimum Gasteiger partial charge on any atom is -0.496 e. The molecule has 0 spiro atoms. The first kappa shape index (κ1) is 28.9. The second kappa shape index (κ2) is 14.3. The number of hydrogen-bond acceptors (Lipinski definition) is 5. The second-order valence-electron chi connectivity index (χ2n) is 10.6. The van der Waals surface area contributed by atoms with Crippen LogP contribution in [0.3, 0.4) is 0 Å². The summed E-state index contributed by atoms with van der Waals surface area (Å²) in [7, 11) is 1.69. The van der Waals surface area contributed by atoms with E-state index in [0.29, 0.717) is 6.61 Å². The number of para-hydroxylation sites is 1. The third kappa shape index (κ3) is 6.82. The van der Waals surface area contributed by atoms with Crippen molar-refractivity contribution in [2.75, 3.05) is 46.4 Å². The van der Waals surface area contributed by atoms with Gasteiger partial charge in [0.1, 0.15) is 11.5 Å².